The first-order valence-corrected chi connectivity index (χ1v) is 4.35. The van der Waals surface area contributed by atoms with Crippen LogP contribution in [0.3, 0.4) is 0 Å². The van der Waals surface area contributed by atoms with E-state index in [1.165, 1.54) is 26.4 Å². The van der Waals surface area contributed by atoms with Crippen LogP contribution < -0.4 is 14.9 Å². The number of hydrogen-bond donors (Lipinski definition) is 3. The summed E-state index contributed by atoms with van der Waals surface area (Å²) in [4.78, 5) is 0. The summed E-state index contributed by atoms with van der Waals surface area (Å²) in [5.41, 5.74) is 0.727. The predicted molar refractivity (Wildman–Crippen MR) is 55.3 cm³/mol. The normalized spacial score (nSPS) is 9.93. The third kappa shape index (κ3) is 2.41. The summed E-state index contributed by atoms with van der Waals surface area (Å²) in [5, 5.41) is 27.2. The number of hydrogen-bond acceptors (Lipinski definition) is 5. The average Bonchev–Trinajstić information content (AvgIpc) is 2.26. The summed E-state index contributed by atoms with van der Waals surface area (Å²) in [7, 11) is 1.21. The number of aliphatic hydroxyl groups excluding tert-OH is 1. The van der Waals surface area contributed by atoms with E-state index in [9.17, 15) is 0 Å². The maximum atomic E-state index is 9.08. The van der Waals surface area contributed by atoms with Crippen LogP contribution in [0.5, 0.6) is 11.5 Å². The molecule has 1 aromatic rings. The van der Waals surface area contributed by atoms with Gasteiger partial charge in [0.1, 0.15) is 11.5 Å². The van der Waals surface area contributed by atoms with Gasteiger partial charge in [-0.05, 0) is 12.1 Å². The van der Waals surface area contributed by atoms with Gasteiger partial charge in [-0.25, -0.2) is 0 Å². The van der Waals surface area contributed by atoms with E-state index >= 15 is 0 Å². The minimum Gasteiger partial charge on any atom is -0.497 e. The second-order valence-electron chi connectivity index (χ2n) is 2.94. The molecule has 0 bridgehead atoms. The summed E-state index contributed by atoms with van der Waals surface area (Å²) < 4.78 is 9.95. The number of benzene rings is 1. The Kier molecular flexibility index (Phi) is 3.96. The van der Waals surface area contributed by atoms with E-state index in [0.717, 1.165) is 0 Å². The van der Waals surface area contributed by atoms with Crippen LogP contribution in [0.25, 0.3) is 0 Å². The van der Waals surface area contributed by atoms with E-state index in [0.29, 0.717) is 17.1 Å². The smallest absolute Gasteiger partial charge is 0.492 e. The molecule has 0 saturated carbocycles. The number of methoxy groups -OCH3 is 2. The maximum absolute atomic E-state index is 9.08. The van der Waals surface area contributed by atoms with Gasteiger partial charge in [0.15, 0.2) is 0 Å². The SMILES string of the molecule is COc1cc(B(O)O)c(OC)cc1CO. The molecule has 1 rings (SSSR count). The molecule has 0 saturated heterocycles. The molecular weight excluding hydrogens is 199 g/mol. The number of rotatable bonds is 4. The van der Waals surface area contributed by atoms with Gasteiger partial charge >= 0.3 is 7.12 Å². The first-order chi connectivity index (χ1) is 7.13. The zero-order valence-electron chi connectivity index (χ0n) is 8.60. The van der Waals surface area contributed by atoms with Crippen LogP contribution in [0.4, 0.5) is 0 Å². The molecule has 15 heavy (non-hydrogen) atoms. The van der Waals surface area contributed by atoms with Crippen LogP contribution in [-0.4, -0.2) is 36.5 Å². The zero-order valence-corrected chi connectivity index (χ0v) is 8.60. The van der Waals surface area contributed by atoms with Gasteiger partial charge in [0.05, 0.1) is 20.8 Å². The highest BCUT2D eigenvalue weighted by atomic mass is 16.5. The molecule has 0 aliphatic rings. The van der Waals surface area contributed by atoms with Crippen molar-refractivity contribution in [1.29, 1.82) is 0 Å². The fourth-order valence-electron chi connectivity index (χ4n) is 1.31. The molecule has 0 unspecified atom stereocenters. The quantitative estimate of drug-likeness (QED) is 0.550. The summed E-state index contributed by atoms with van der Waals surface area (Å²) in [6.45, 7) is -0.207. The van der Waals surface area contributed by atoms with Crippen molar-refractivity contribution in [3.05, 3.63) is 17.7 Å². The van der Waals surface area contributed by atoms with Gasteiger partial charge in [0.2, 0.25) is 0 Å². The molecular formula is C9H13BO5. The molecule has 5 nitrogen and oxygen atoms in total. The number of ether oxygens (including phenoxy) is 2. The van der Waals surface area contributed by atoms with E-state index in [2.05, 4.69) is 0 Å². The Morgan fingerprint density at radius 1 is 1.13 bits per heavy atom. The lowest BCUT2D eigenvalue weighted by Crippen LogP contribution is -2.31. The minimum absolute atomic E-state index is 0.201. The molecule has 0 aliphatic carbocycles. The molecule has 0 amide bonds. The Hall–Kier alpha value is -1.24. The number of aliphatic hydroxyl groups is 1. The van der Waals surface area contributed by atoms with E-state index in [1.807, 2.05) is 0 Å². The van der Waals surface area contributed by atoms with Crippen LogP contribution in [0, 0.1) is 0 Å². The van der Waals surface area contributed by atoms with Gasteiger partial charge in [-0.3, -0.25) is 0 Å². The van der Waals surface area contributed by atoms with Crippen LogP contribution in [-0.2, 0) is 6.61 Å². The largest absolute Gasteiger partial charge is 0.497 e. The molecule has 6 heteroatoms. The van der Waals surface area contributed by atoms with Crippen molar-refractivity contribution in [1.82, 2.24) is 0 Å². The molecule has 0 aromatic heterocycles. The standard InChI is InChI=1S/C9H13BO5/c1-14-8-4-7(10(12)13)9(15-2)3-6(8)5-11/h3-4,11-13H,5H2,1-2H3. The second-order valence-corrected chi connectivity index (χ2v) is 2.94. The van der Waals surface area contributed by atoms with Crippen molar-refractivity contribution in [3.63, 3.8) is 0 Å². The molecule has 0 fully saturated rings. The van der Waals surface area contributed by atoms with Gasteiger partial charge < -0.3 is 24.6 Å². The summed E-state index contributed by atoms with van der Waals surface area (Å²) >= 11 is 0. The van der Waals surface area contributed by atoms with Crippen LogP contribution in [0.1, 0.15) is 5.56 Å². The lowest BCUT2D eigenvalue weighted by molar-refractivity contribution is 0.273. The molecule has 0 aliphatic heterocycles. The topological polar surface area (TPSA) is 79.2 Å². The zero-order chi connectivity index (χ0) is 11.4. The molecule has 0 atom stereocenters. The second kappa shape index (κ2) is 5.02. The maximum Gasteiger partial charge on any atom is 0.492 e. The fraction of sp³-hybridized carbons (Fsp3) is 0.333. The van der Waals surface area contributed by atoms with Gasteiger partial charge in [-0.1, -0.05) is 0 Å². The lowest BCUT2D eigenvalue weighted by Gasteiger charge is -2.13. The molecule has 82 valence electrons. The Morgan fingerprint density at radius 3 is 2.13 bits per heavy atom. The Bertz CT molecular complexity index is 340. The third-order valence-electron chi connectivity index (χ3n) is 2.08. The summed E-state index contributed by atoms with van der Waals surface area (Å²) in [6.07, 6.45) is 0. The molecule has 0 heterocycles. The highest BCUT2D eigenvalue weighted by Crippen LogP contribution is 2.22. The monoisotopic (exact) mass is 212 g/mol. The summed E-state index contributed by atoms with van der Waals surface area (Å²) in [6, 6.07) is 2.93. The van der Waals surface area contributed by atoms with Gasteiger partial charge in [0.25, 0.3) is 0 Å². The lowest BCUT2D eigenvalue weighted by atomic mass is 9.79. The van der Waals surface area contributed by atoms with Crippen molar-refractivity contribution in [2.24, 2.45) is 0 Å². The van der Waals surface area contributed by atoms with Crippen molar-refractivity contribution >= 4 is 12.6 Å². The molecule has 1 aromatic carbocycles. The van der Waals surface area contributed by atoms with Crippen molar-refractivity contribution in [2.75, 3.05) is 14.2 Å². The van der Waals surface area contributed by atoms with E-state index in [4.69, 9.17) is 24.6 Å². The highest BCUT2D eigenvalue weighted by molar-refractivity contribution is 6.59. The first-order valence-electron chi connectivity index (χ1n) is 4.35. The Balaban J connectivity index is 3.27. The van der Waals surface area contributed by atoms with Crippen LogP contribution in [0.15, 0.2) is 12.1 Å². The van der Waals surface area contributed by atoms with Gasteiger partial charge in [0, 0.05) is 11.0 Å². The Labute approximate surface area is 88.0 Å². The van der Waals surface area contributed by atoms with E-state index in [1.54, 1.807) is 0 Å². The third-order valence-corrected chi connectivity index (χ3v) is 2.08. The molecule has 0 radical (unpaired) electrons. The van der Waals surface area contributed by atoms with Crippen LogP contribution >= 0.6 is 0 Å². The molecule has 3 N–H and O–H groups in total. The Morgan fingerprint density at radius 2 is 1.73 bits per heavy atom. The predicted octanol–water partition coefficient (Wildman–Crippen LogP) is -1.12. The van der Waals surface area contributed by atoms with Gasteiger partial charge in [-0.15, -0.1) is 0 Å². The van der Waals surface area contributed by atoms with Crippen molar-refractivity contribution < 1.29 is 24.6 Å². The highest BCUT2D eigenvalue weighted by Gasteiger charge is 2.20. The van der Waals surface area contributed by atoms with E-state index < -0.39 is 7.12 Å². The van der Waals surface area contributed by atoms with Gasteiger partial charge in [-0.2, -0.15) is 0 Å². The van der Waals surface area contributed by atoms with Crippen molar-refractivity contribution in [3.8, 4) is 11.5 Å². The first kappa shape index (κ1) is 11.8. The van der Waals surface area contributed by atoms with Crippen molar-refractivity contribution in [2.45, 2.75) is 6.61 Å². The fourth-order valence-corrected chi connectivity index (χ4v) is 1.31. The summed E-state index contributed by atoms with van der Waals surface area (Å²) in [5.74, 6) is 0.691. The minimum atomic E-state index is -1.64. The average molecular weight is 212 g/mol. The van der Waals surface area contributed by atoms with E-state index in [-0.39, 0.29) is 12.1 Å². The van der Waals surface area contributed by atoms with Crippen LogP contribution in [0.2, 0.25) is 0 Å². The molecule has 0 spiro atoms.